The number of benzene rings is 2. The Labute approximate surface area is 187 Å². The number of rotatable bonds is 5. The molecule has 8 nitrogen and oxygen atoms in total. The van der Waals surface area contributed by atoms with Crippen molar-refractivity contribution < 1.29 is 31.1 Å². The fraction of sp³-hybridized carbons (Fsp3) is 0.238. The number of carbonyl (C=O) groups is 1. The Morgan fingerprint density at radius 3 is 2.55 bits per heavy atom. The lowest BCUT2D eigenvalue weighted by molar-refractivity contribution is -0.274. The number of ether oxygens (including phenoxy) is 1. The van der Waals surface area contributed by atoms with Crippen LogP contribution in [0.15, 0.2) is 59.6 Å². The summed E-state index contributed by atoms with van der Waals surface area (Å²) in [5, 5.41) is 3.62. The summed E-state index contributed by atoms with van der Waals surface area (Å²) in [4.78, 5) is 18.1. The van der Waals surface area contributed by atoms with Gasteiger partial charge in [0.05, 0.1) is 11.2 Å². The first-order chi connectivity index (χ1) is 15.6. The average molecular weight is 480 g/mol. The second-order valence-corrected chi connectivity index (χ2v) is 8.89. The first kappa shape index (κ1) is 22.8. The fourth-order valence-electron chi connectivity index (χ4n) is 3.49. The Morgan fingerprint density at radius 1 is 1.09 bits per heavy atom. The van der Waals surface area contributed by atoms with Crippen LogP contribution in [-0.4, -0.2) is 56.8 Å². The molecule has 0 bridgehead atoms. The highest BCUT2D eigenvalue weighted by Crippen LogP contribution is 2.34. The number of para-hydroxylation sites is 1. The predicted octanol–water partition coefficient (Wildman–Crippen LogP) is 2.98. The zero-order valence-corrected chi connectivity index (χ0v) is 17.9. The third-order valence-electron chi connectivity index (χ3n) is 4.99. The number of nitrogens with zero attached hydrogens (tertiary/aromatic N) is 2. The molecule has 12 heteroatoms. The average Bonchev–Trinajstić information content (AvgIpc) is 2.79. The zero-order chi connectivity index (χ0) is 23.6. The highest BCUT2D eigenvalue weighted by molar-refractivity contribution is 7.93. The molecule has 0 unspecified atom stereocenters. The monoisotopic (exact) mass is 480 g/mol. The van der Waals surface area contributed by atoms with Gasteiger partial charge in [0.1, 0.15) is 4.90 Å². The van der Waals surface area contributed by atoms with Crippen molar-refractivity contribution in [1.82, 2.24) is 15.2 Å². The SMILES string of the molecule is O=C(c1ccc(NS(=O)(=O)c2cccc3cccnc23)c(OC(F)(F)F)c1)N1CCNCC1. The number of sulfonamides is 1. The molecule has 2 heterocycles. The molecule has 4 rings (SSSR count). The van der Waals surface area contributed by atoms with Crippen molar-refractivity contribution in [3.05, 3.63) is 60.3 Å². The molecule has 2 aromatic carbocycles. The number of alkyl halides is 3. The second-order valence-electron chi connectivity index (χ2n) is 7.24. The van der Waals surface area contributed by atoms with E-state index < -0.39 is 33.7 Å². The second kappa shape index (κ2) is 8.87. The van der Waals surface area contributed by atoms with Crippen LogP contribution in [0.3, 0.4) is 0 Å². The van der Waals surface area contributed by atoms with Gasteiger partial charge in [-0.3, -0.25) is 14.5 Å². The number of hydrogen-bond donors (Lipinski definition) is 2. The summed E-state index contributed by atoms with van der Waals surface area (Å²) in [6.07, 6.45) is -3.69. The minimum absolute atomic E-state index is 0.0501. The third kappa shape index (κ3) is 5.17. The van der Waals surface area contributed by atoms with Crippen LogP contribution < -0.4 is 14.8 Å². The lowest BCUT2D eigenvalue weighted by atomic mass is 10.1. The summed E-state index contributed by atoms with van der Waals surface area (Å²) in [7, 11) is -4.34. The quantitative estimate of drug-likeness (QED) is 0.583. The van der Waals surface area contributed by atoms with Crippen LogP contribution in [0.1, 0.15) is 10.4 Å². The Morgan fingerprint density at radius 2 is 1.82 bits per heavy atom. The van der Waals surface area contributed by atoms with Gasteiger partial charge in [0.15, 0.2) is 5.75 Å². The van der Waals surface area contributed by atoms with E-state index in [4.69, 9.17) is 0 Å². The van der Waals surface area contributed by atoms with Crippen molar-refractivity contribution >= 4 is 32.5 Å². The summed E-state index contributed by atoms with van der Waals surface area (Å²) in [5.41, 5.74) is -0.348. The molecule has 3 aromatic rings. The van der Waals surface area contributed by atoms with E-state index in [9.17, 15) is 26.4 Å². The summed E-state index contributed by atoms with van der Waals surface area (Å²) in [6.45, 7) is 1.93. The highest BCUT2D eigenvalue weighted by Gasteiger charge is 2.33. The van der Waals surface area contributed by atoms with Gasteiger partial charge in [-0.05, 0) is 30.3 Å². The van der Waals surface area contributed by atoms with Crippen LogP contribution in [0.5, 0.6) is 5.75 Å². The van der Waals surface area contributed by atoms with Crippen molar-refractivity contribution in [3.8, 4) is 5.75 Å². The van der Waals surface area contributed by atoms with Gasteiger partial charge in [-0.25, -0.2) is 8.42 Å². The number of halogens is 3. The number of anilines is 1. The molecule has 33 heavy (non-hydrogen) atoms. The molecule has 0 aliphatic carbocycles. The number of piperazine rings is 1. The molecule has 1 fully saturated rings. The van der Waals surface area contributed by atoms with Gasteiger partial charge in [0.25, 0.3) is 15.9 Å². The lowest BCUT2D eigenvalue weighted by Gasteiger charge is -2.27. The topological polar surface area (TPSA) is 101 Å². The molecule has 2 N–H and O–H groups in total. The maximum atomic E-state index is 13.1. The first-order valence-electron chi connectivity index (χ1n) is 9.90. The van der Waals surface area contributed by atoms with Gasteiger partial charge in [-0.15, -0.1) is 13.2 Å². The molecule has 0 saturated carbocycles. The van der Waals surface area contributed by atoms with Crippen LogP contribution in [0.4, 0.5) is 18.9 Å². The third-order valence-corrected chi connectivity index (χ3v) is 6.39. The van der Waals surface area contributed by atoms with E-state index in [1.165, 1.54) is 29.3 Å². The molecular formula is C21H19F3N4O4S. The van der Waals surface area contributed by atoms with Crippen LogP contribution in [-0.2, 0) is 10.0 Å². The van der Waals surface area contributed by atoms with E-state index in [0.717, 1.165) is 12.1 Å². The van der Waals surface area contributed by atoms with Crippen molar-refractivity contribution in [1.29, 1.82) is 0 Å². The van der Waals surface area contributed by atoms with E-state index >= 15 is 0 Å². The van der Waals surface area contributed by atoms with Gasteiger partial charge < -0.3 is 15.0 Å². The first-order valence-corrected chi connectivity index (χ1v) is 11.4. The fourth-order valence-corrected chi connectivity index (χ4v) is 4.74. The molecule has 1 aliphatic heterocycles. The number of fused-ring (bicyclic) bond motifs is 1. The molecule has 1 aromatic heterocycles. The minimum atomic E-state index is -5.10. The predicted molar refractivity (Wildman–Crippen MR) is 114 cm³/mol. The van der Waals surface area contributed by atoms with E-state index in [1.54, 1.807) is 18.2 Å². The van der Waals surface area contributed by atoms with Gasteiger partial charge in [0.2, 0.25) is 0 Å². The summed E-state index contributed by atoms with van der Waals surface area (Å²) >= 11 is 0. The largest absolute Gasteiger partial charge is 0.573 e. The van der Waals surface area contributed by atoms with E-state index in [1.807, 2.05) is 0 Å². The van der Waals surface area contributed by atoms with Gasteiger partial charge in [0, 0.05) is 43.3 Å². The van der Waals surface area contributed by atoms with Crippen molar-refractivity contribution in [2.45, 2.75) is 11.3 Å². The lowest BCUT2D eigenvalue weighted by Crippen LogP contribution is -2.46. The van der Waals surface area contributed by atoms with Crippen LogP contribution in [0.2, 0.25) is 0 Å². The number of aromatic nitrogens is 1. The Hall–Kier alpha value is -3.38. The van der Waals surface area contributed by atoms with Gasteiger partial charge in [-0.2, -0.15) is 0 Å². The molecular weight excluding hydrogens is 461 g/mol. The number of amides is 1. The van der Waals surface area contributed by atoms with Crippen LogP contribution in [0.25, 0.3) is 10.9 Å². The number of carbonyl (C=O) groups excluding carboxylic acids is 1. The van der Waals surface area contributed by atoms with E-state index in [-0.39, 0.29) is 16.0 Å². The van der Waals surface area contributed by atoms with Crippen LogP contribution in [0, 0.1) is 0 Å². The van der Waals surface area contributed by atoms with Crippen molar-refractivity contribution in [2.24, 2.45) is 0 Å². The number of hydrogen-bond acceptors (Lipinski definition) is 6. The Kier molecular flexibility index (Phi) is 6.13. The smallest absolute Gasteiger partial charge is 0.404 e. The normalized spacial score (nSPS) is 14.8. The van der Waals surface area contributed by atoms with Crippen molar-refractivity contribution in [2.75, 3.05) is 30.9 Å². The molecule has 1 aliphatic rings. The summed E-state index contributed by atoms with van der Waals surface area (Å²) < 4.78 is 71.4. The molecule has 0 spiro atoms. The molecule has 0 atom stereocenters. The molecule has 174 valence electrons. The molecule has 1 saturated heterocycles. The van der Waals surface area contributed by atoms with E-state index in [2.05, 4.69) is 19.8 Å². The van der Waals surface area contributed by atoms with Gasteiger partial charge >= 0.3 is 6.36 Å². The zero-order valence-electron chi connectivity index (χ0n) is 17.1. The number of pyridine rings is 1. The minimum Gasteiger partial charge on any atom is -0.404 e. The summed E-state index contributed by atoms with van der Waals surface area (Å²) in [6, 6.07) is 11.0. The van der Waals surface area contributed by atoms with Crippen molar-refractivity contribution in [3.63, 3.8) is 0 Å². The molecule has 0 radical (unpaired) electrons. The summed E-state index contributed by atoms with van der Waals surface area (Å²) in [5.74, 6) is -1.31. The Bertz CT molecular complexity index is 1290. The number of nitrogens with one attached hydrogen (secondary N) is 2. The maximum Gasteiger partial charge on any atom is 0.573 e. The molecule has 1 amide bonds. The maximum absolute atomic E-state index is 13.1. The van der Waals surface area contributed by atoms with Crippen LogP contribution >= 0.6 is 0 Å². The Balaban J connectivity index is 1.70. The highest BCUT2D eigenvalue weighted by atomic mass is 32.2. The standard InChI is InChI=1S/C21H19F3N4O4S/c22-21(23,24)32-17-13-15(20(29)28-11-9-25-10-12-28)6-7-16(17)27-33(30,31)18-5-1-3-14-4-2-8-26-19(14)18/h1-8,13,25,27H,9-12H2. The van der Waals surface area contributed by atoms with Gasteiger partial charge in [-0.1, -0.05) is 18.2 Å². The van der Waals surface area contributed by atoms with E-state index in [0.29, 0.717) is 31.6 Å².